The zero-order chi connectivity index (χ0) is 21.5. The Labute approximate surface area is 178 Å². The molecule has 0 saturated carbocycles. The summed E-state index contributed by atoms with van der Waals surface area (Å²) in [5, 5.41) is 9.79. The number of hydrogen-bond acceptors (Lipinski definition) is 5. The summed E-state index contributed by atoms with van der Waals surface area (Å²) in [4.78, 5) is 27.2. The molecule has 2 aromatic heterocycles. The number of para-hydroxylation sites is 2. The number of methoxy groups -OCH3 is 1. The molecule has 1 fully saturated rings. The molecule has 0 radical (unpaired) electrons. The van der Waals surface area contributed by atoms with Crippen molar-refractivity contribution in [3.63, 3.8) is 0 Å². The molecule has 8 nitrogen and oxygen atoms in total. The number of likely N-dealkylation sites (tertiary alicyclic amines) is 1. The fourth-order valence-electron chi connectivity index (χ4n) is 3.98. The smallest absolute Gasteiger partial charge is 0.275 e. The van der Waals surface area contributed by atoms with Gasteiger partial charge < -0.3 is 9.64 Å². The summed E-state index contributed by atoms with van der Waals surface area (Å²) in [6.07, 6.45) is 0. The van der Waals surface area contributed by atoms with Crippen LogP contribution in [0.1, 0.15) is 16.5 Å². The number of carbonyl (C=O) groups is 1. The predicted octanol–water partition coefficient (Wildman–Crippen LogP) is 2.50. The van der Waals surface area contributed by atoms with Crippen molar-refractivity contribution in [3.05, 3.63) is 76.7 Å². The highest BCUT2D eigenvalue weighted by atomic mass is 16.5. The SMILES string of the molecule is COc1ccccc1-c1ccc(=O)n(C2CN(C(=O)c3nn(C)c4ccccc34)C2)n1. The third kappa shape index (κ3) is 3.16. The molecule has 0 unspecified atom stereocenters. The van der Waals surface area contributed by atoms with Gasteiger partial charge in [0.25, 0.3) is 11.5 Å². The van der Waals surface area contributed by atoms with Gasteiger partial charge in [0.2, 0.25) is 0 Å². The van der Waals surface area contributed by atoms with Gasteiger partial charge in [0.1, 0.15) is 5.75 Å². The maximum Gasteiger partial charge on any atom is 0.275 e. The average Bonchev–Trinajstić information content (AvgIpc) is 3.11. The maximum atomic E-state index is 13.0. The third-order valence-electron chi connectivity index (χ3n) is 5.66. The number of hydrogen-bond donors (Lipinski definition) is 0. The van der Waals surface area contributed by atoms with Crippen LogP contribution in [-0.4, -0.2) is 50.6 Å². The molecule has 5 rings (SSSR count). The molecule has 3 heterocycles. The standard InChI is InChI=1S/C23H21N5O3/c1-26-19-9-5-3-8-17(19)22(25-26)23(30)27-13-15(14-27)28-21(29)12-11-18(24-28)16-7-4-6-10-20(16)31-2/h3-12,15H,13-14H2,1-2H3. The highest BCUT2D eigenvalue weighted by Crippen LogP contribution is 2.29. The number of nitrogens with zero attached hydrogens (tertiary/aromatic N) is 5. The van der Waals surface area contributed by atoms with E-state index in [1.165, 1.54) is 10.7 Å². The molecule has 1 saturated heterocycles. The molecule has 1 amide bonds. The van der Waals surface area contributed by atoms with E-state index in [1.54, 1.807) is 22.8 Å². The highest BCUT2D eigenvalue weighted by molar-refractivity contribution is 6.05. The molecule has 1 aliphatic heterocycles. The second-order valence-electron chi connectivity index (χ2n) is 7.55. The number of rotatable bonds is 4. The number of ether oxygens (including phenoxy) is 1. The van der Waals surface area contributed by atoms with Gasteiger partial charge >= 0.3 is 0 Å². The fourth-order valence-corrected chi connectivity index (χ4v) is 3.98. The Balaban J connectivity index is 1.39. The molecule has 1 aliphatic rings. The van der Waals surface area contributed by atoms with E-state index in [0.29, 0.717) is 30.2 Å². The summed E-state index contributed by atoms with van der Waals surface area (Å²) in [5.41, 5.74) is 2.60. The first-order valence-corrected chi connectivity index (χ1v) is 10.0. The van der Waals surface area contributed by atoms with Crippen LogP contribution in [0.3, 0.4) is 0 Å². The molecule has 156 valence electrons. The van der Waals surface area contributed by atoms with Gasteiger partial charge in [-0.15, -0.1) is 0 Å². The number of benzene rings is 2. The van der Waals surface area contributed by atoms with Crippen LogP contribution in [0.2, 0.25) is 0 Å². The summed E-state index contributed by atoms with van der Waals surface area (Å²) < 4.78 is 8.59. The van der Waals surface area contributed by atoms with E-state index < -0.39 is 0 Å². The van der Waals surface area contributed by atoms with E-state index in [1.807, 2.05) is 55.6 Å². The Hall–Kier alpha value is -3.94. The predicted molar refractivity (Wildman–Crippen MR) is 116 cm³/mol. The Morgan fingerprint density at radius 1 is 1.00 bits per heavy atom. The van der Waals surface area contributed by atoms with E-state index in [9.17, 15) is 9.59 Å². The number of carbonyl (C=O) groups excluding carboxylic acids is 1. The number of amides is 1. The second-order valence-corrected chi connectivity index (χ2v) is 7.55. The van der Waals surface area contributed by atoms with E-state index in [4.69, 9.17) is 4.74 Å². The lowest BCUT2D eigenvalue weighted by molar-refractivity contribution is 0.0488. The molecule has 0 atom stereocenters. The summed E-state index contributed by atoms with van der Waals surface area (Å²) in [6.45, 7) is 0.817. The lowest BCUT2D eigenvalue weighted by Crippen LogP contribution is -2.53. The first-order valence-electron chi connectivity index (χ1n) is 10.0. The lowest BCUT2D eigenvalue weighted by Gasteiger charge is -2.39. The minimum Gasteiger partial charge on any atom is -0.496 e. The molecule has 8 heteroatoms. The molecule has 4 aromatic rings. The molecular weight excluding hydrogens is 394 g/mol. The van der Waals surface area contributed by atoms with Crippen LogP contribution in [-0.2, 0) is 7.05 Å². The van der Waals surface area contributed by atoms with Crippen LogP contribution < -0.4 is 10.3 Å². The van der Waals surface area contributed by atoms with Gasteiger partial charge in [-0.1, -0.05) is 30.3 Å². The van der Waals surface area contributed by atoms with Gasteiger partial charge in [0.15, 0.2) is 5.69 Å². The van der Waals surface area contributed by atoms with Crippen molar-refractivity contribution in [1.29, 1.82) is 0 Å². The van der Waals surface area contributed by atoms with Crippen LogP contribution >= 0.6 is 0 Å². The first-order chi connectivity index (χ1) is 15.1. The molecule has 0 N–H and O–H groups in total. The summed E-state index contributed by atoms with van der Waals surface area (Å²) >= 11 is 0. The van der Waals surface area contributed by atoms with Crippen LogP contribution in [0.25, 0.3) is 22.2 Å². The van der Waals surface area contributed by atoms with Gasteiger partial charge in [0.05, 0.1) is 24.4 Å². The first kappa shape index (κ1) is 19.0. The zero-order valence-electron chi connectivity index (χ0n) is 17.2. The summed E-state index contributed by atoms with van der Waals surface area (Å²) in [6, 6.07) is 18.2. The third-order valence-corrected chi connectivity index (χ3v) is 5.66. The quantitative estimate of drug-likeness (QED) is 0.512. The Kier molecular flexibility index (Phi) is 4.54. The summed E-state index contributed by atoms with van der Waals surface area (Å²) in [5.74, 6) is 0.551. The number of aromatic nitrogens is 4. The Bertz CT molecular complexity index is 1350. The van der Waals surface area contributed by atoms with E-state index >= 15 is 0 Å². The van der Waals surface area contributed by atoms with Crippen molar-refractivity contribution in [2.24, 2.45) is 7.05 Å². The molecule has 0 bridgehead atoms. The summed E-state index contributed by atoms with van der Waals surface area (Å²) in [7, 11) is 3.43. The monoisotopic (exact) mass is 415 g/mol. The topological polar surface area (TPSA) is 82.3 Å². The van der Waals surface area contributed by atoms with E-state index in [0.717, 1.165) is 16.5 Å². The van der Waals surface area contributed by atoms with Crippen molar-refractivity contribution >= 4 is 16.8 Å². The minimum absolute atomic E-state index is 0.137. The second kappa shape index (κ2) is 7.39. The van der Waals surface area contributed by atoms with Crippen molar-refractivity contribution in [3.8, 4) is 17.0 Å². The van der Waals surface area contributed by atoms with Crippen molar-refractivity contribution in [1.82, 2.24) is 24.5 Å². The van der Waals surface area contributed by atoms with Gasteiger partial charge in [-0.3, -0.25) is 14.3 Å². The van der Waals surface area contributed by atoms with Gasteiger partial charge in [-0.2, -0.15) is 10.2 Å². The molecular formula is C23H21N5O3. The van der Waals surface area contributed by atoms with Crippen LogP contribution in [0.5, 0.6) is 5.75 Å². The van der Waals surface area contributed by atoms with Gasteiger partial charge in [0, 0.05) is 37.2 Å². The zero-order valence-corrected chi connectivity index (χ0v) is 17.2. The Morgan fingerprint density at radius 3 is 2.55 bits per heavy atom. The Morgan fingerprint density at radius 2 is 1.74 bits per heavy atom. The number of fused-ring (bicyclic) bond motifs is 1. The van der Waals surface area contributed by atoms with E-state index in [-0.39, 0.29) is 17.5 Å². The van der Waals surface area contributed by atoms with Gasteiger partial charge in [-0.05, 0) is 24.3 Å². The van der Waals surface area contributed by atoms with Crippen LogP contribution in [0.4, 0.5) is 0 Å². The van der Waals surface area contributed by atoms with Crippen molar-refractivity contribution in [2.45, 2.75) is 6.04 Å². The maximum absolute atomic E-state index is 13.0. The number of aryl methyl sites for hydroxylation is 1. The molecule has 2 aromatic carbocycles. The van der Waals surface area contributed by atoms with E-state index in [2.05, 4.69) is 10.2 Å². The highest BCUT2D eigenvalue weighted by Gasteiger charge is 2.35. The minimum atomic E-state index is -0.195. The van der Waals surface area contributed by atoms with Crippen molar-refractivity contribution < 1.29 is 9.53 Å². The normalized spacial score (nSPS) is 13.9. The molecule has 0 spiro atoms. The molecule has 0 aliphatic carbocycles. The van der Waals surface area contributed by atoms with Gasteiger partial charge in [-0.25, -0.2) is 4.68 Å². The fraction of sp³-hybridized carbons (Fsp3) is 0.217. The average molecular weight is 415 g/mol. The van der Waals surface area contributed by atoms with Crippen molar-refractivity contribution in [2.75, 3.05) is 20.2 Å². The lowest BCUT2D eigenvalue weighted by atomic mass is 10.1. The van der Waals surface area contributed by atoms with Crippen LogP contribution in [0.15, 0.2) is 65.5 Å². The molecule has 31 heavy (non-hydrogen) atoms. The largest absolute Gasteiger partial charge is 0.496 e. The van der Waals surface area contributed by atoms with Crippen LogP contribution in [0, 0.1) is 0 Å².